The molecule has 0 saturated heterocycles. The summed E-state index contributed by atoms with van der Waals surface area (Å²) in [4.78, 5) is 11.6. The molecule has 0 aromatic rings. The number of alkyl halides is 1. The third-order valence-corrected chi connectivity index (χ3v) is 4.07. The number of hydrogen-bond acceptors (Lipinski definition) is 1. The molecule has 2 nitrogen and oxygen atoms in total. The second-order valence-corrected chi connectivity index (χ2v) is 5.45. The Kier molecular flexibility index (Phi) is 4.93. The van der Waals surface area contributed by atoms with E-state index in [2.05, 4.69) is 28.2 Å². The predicted octanol–water partition coefficient (Wildman–Crippen LogP) is 2.85. The Balaban J connectivity index is 2.27. The van der Waals surface area contributed by atoms with Gasteiger partial charge < -0.3 is 5.32 Å². The second-order valence-electron chi connectivity index (χ2n) is 4.34. The van der Waals surface area contributed by atoms with Gasteiger partial charge in [-0.2, -0.15) is 0 Å². The van der Waals surface area contributed by atoms with Crippen molar-refractivity contribution >= 4 is 21.8 Å². The minimum Gasteiger partial charge on any atom is -0.352 e. The maximum Gasteiger partial charge on any atom is 0.233 e. The lowest BCUT2D eigenvalue weighted by molar-refractivity contribution is -0.121. The number of carbonyl (C=O) groups is 1. The fraction of sp³-hybridized carbons (Fsp3) is 0.909. The van der Waals surface area contributed by atoms with Crippen molar-refractivity contribution in [2.45, 2.75) is 56.8 Å². The molecule has 0 unspecified atom stereocenters. The van der Waals surface area contributed by atoms with Crippen LogP contribution in [0.5, 0.6) is 0 Å². The Bertz CT molecular complexity index is 188. The summed E-state index contributed by atoms with van der Waals surface area (Å²) >= 11 is 3.37. The lowest BCUT2D eigenvalue weighted by Gasteiger charge is -2.27. The molecule has 1 atom stereocenters. The molecule has 0 heterocycles. The summed E-state index contributed by atoms with van der Waals surface area (Å²) in [6.07, 6.45) is 5.66. The highest BCUT2D eigenvalue weighted by atomic mass is 79.9. The lowest BCUT2D eigenvalue weighted by Crippen LogP contribution is -2.40. The number of amides is 1. The largest absolute Gasteiger partial charge is 0.352 e. The fourth-order valence-corrected chi connectivity index (χ4v) is 2.01. The topological polar surface area (TPSA) is 29.1 Å². The summed E-state index contributed by atoms with van der Waals surface area (Å²) in [5, 5.41) is 3.10. The molecule has 82 valence electrons. The van der Waals surface area contributed by atoms with Crippen molar-refractivity contribution in [1.82, 2.24) is 5.32 Å². The second kappa shape index (κ2) is 5.74. The molecule has 0 aliphatic heterocycles. The number of halogens is 1. The maximum atomic E-state index is 11.6. The van der Waals surface area contributed by atoms with Gasteiger partial charge in [0, 0.05) is 6.04 Å². The van der Waals surface area contributed by atoms with Gasteiger partial charge >= 0.3 is 0 Å². The molecule has 0 aromatic heterocycles. The van der Waals surface area contributed by atoms with Gasteiger partial charge in [-0.05, 0) is 38.0 Å². The summed E-state index contributed by atoms with van der Waals surface area (Å²) in [5.41, 5.74) is 0. The van der Waals surface area contributed by atoms with Crippen LogP contribution >= 0.6 is 15.9 Å². The summed E-state index contributed by atoms with van der Waals surface area (Å²) < 4.78 is 0. The van der Waals surface area contributed by atoms with E-state index in [1.165, 1.54) is 12.8 Å². The molecule has 0 aromatic carbocycles. The van der Waals surface area contributed by atoms with Crippen molar-refractivity contribution < 1.29 is 4.79 Å². The third kappa shape index (κ3) is 3.60. The van der Waals surface area contributed by atoms with Crippen molar-refractivity contribution in [3.8, 4) is 0 Å². The van der Waals surface area contributed by atoms with Crippen molar-refractivity contribution in [2.75, 3.05) is 0 Å². The van der Waals surface area contributed by atoms with Gasteiger partial charge in [-0.3, -0.25) is 4.79 Å². The lowest BCUT2D eigenvalue weighted by atomic mass is 9.87. The van der Waals surface area contributed by atoms with E-state index in [4.69, 9.17) is 0 Å². The van der Waals surface area contributed by atoms with E-state index < -0.39 is 0 Å². The highest BCUT2D eigenvalue weighted by molar-refractivity contribution is 9.10. The van der Waals surface area contributed by atoms with Crippen molar-refractivity contribution in [3.05, 3.63) is 0 Å². The van der Waals surface area contributed by atoms with Crippen molar-refractivity contribution in [1.29, 1.82) is 0 Å². The smallest absolute Gasteiger partial charge is 0.233 e. The molecule has 1 saturated carbocycles. The fourth-order valence-electron chi connectivity index (χ4n) is 1.88. The molecule has 1 fully saturated rings. The third-order valence-electron chi connectivity index (χ3n) is 3.01. The van der Waals surface area contributed by atoms with Crippen LogP contribution in [0.4, 0.5) is 0 Å². The standard InChI is InChI=1S/C11H20BrNO/c1-3-10(12)11(14)13-9-6-4-8(2)5-7-9/h8-10H,3-7H2,1-2H3,(H,13,14)/t8?,9?,10-/m1/s1. The molecule has 1 N–H and O–H groups in total. The first kappa shape index (κ1) is 12.0. The van der Waals surface area contributed by atoms with Gasteiger partial charge in [-0.25, -0.2) is 0 Å². The summed E-state index contributed by atoms with van der Waals surface area (Å²) in [5.74, 6) is 1.00. The first-order valence-electron chi connectivity index (χ1n) is 5.58. The van der Waals surface area contributed by atoms with E-state index in [1.807, 2.05) is 6.92 Å². The highest BCUT2D eigenvalue weighted by Gasteiger charge is 2.21. The van der Waals surface area contributed by atoms with E-state index in [-0.39, 0.29) is 10.7 Å². The Morgan fingerprint density at radius 1 is 1.43 bits per heavy atom. The van der Waals surface area contributed by atoms with Crippen LogP contribution in [0.1, 0.15) is 46.0 Å². The van der Waals surface area contributed by atoms with Crippen LogP contribution in [0.2, 0.25) is 0 Å². The Morgan fingerprint density at radius 2 is 2.00 bits per heavy atom. The summed E-state index contributed by atoms with van der Waals surface area (Å²) in [7, 11) is 0. The number of hydrogen-bond donors (Lipinski definition) is 1. The quantitative estimate of drug-likeness (QED) is 0.778. The zero-order valence-corrected chi connectivity index (χ0v) is 10.6. The van der Waals surface area contributed by atoms with Gasteiger partial charge in [-0.15, -0.1) is 0 Å². The molecular weight excluding hydrogens is 242 g/mol. The molecule has 1 amide bonds. The molecule has 0 radical (unpaired) electrons. The zero-order chi connectivity index (χ0) is 10.6. The van der Waals surface area contributed by atoms with Gasteiger partial charge in [0.1, 0.15) is 0 Å². The molecule has 14 heavy (non-hydrogen) atoms. The van der Waals surface area contributed by atoms with Gasteiger partial charge in [0.15, 0.2) is 0 Å². The molecule has 0 bridgehead atoms. The number of rotatable bonds is 3. The van der Waals surface area contributed by atoms with Crippen molar-refractivity contribution in [3.63, 3.8) is 0 Å². The van der Waals surface area contributed by atoms with E-state index in [1.54, 1.807) is 0 Å². The highest BCUT2D eigenvalue weighted by Crippen LogP contribution is 2.23. The van der Waals surface area contributed by atoms with Crippen LogP contribution in [-0.2, 0) is 4.79 Å². The van der Waals surface area contributed by atoms with Crippen molar-refractivity contribution in [2.24, 2.45) is 5.92 Å². The van der Waals surface area contributed by atoms with Crippen LogP contribution in [-0.4, -0.2) is 16.8 Å². The normalized spacial score (nSPS) is 29.6. The van der Waals surface area contributed by atoms with Crippen LogP contribution < -0.4 is 5.32 Å². The van der Waals surface area contributed by atoms with Gasteiger partial charge in [0.25, 0.3) is 0 Å². The predicted molar refractivity (Wildman–Crippen MR) is 62.6 cm³/mol. The number of nitrogens with one attached hydrogen (secondary N) is 1. The first-order chi connectivity index (χ1) is 6.63. The molecule has 1 aliphatic rings. The average Bonchev–Trinajstić information content (AvgIpc) is 2.20. The van der Waals surface area contributed by atoms with Gasteiger partial charge in [0.05, 0.1) is 4.83 Å². The van der Waals surface area contributed by atoms with Crippen LogP contribution in [0, 0.1) is 5.92 Å². The molecule has 3 heteroatoms. The summed E-state index contributed by atoms with van der Waals surface area (Å²) in [6, 6.07) is 0.422. The molecule has 1 rings (SSSR count). The minimum absolute atomic E-state index is 0.0122. The number of carbonyl (C=O) groups excluding carboxylic acids is 1. The molecular formula is C11H20BrNO. The van der Waals surface area contributed by atoms with Crippen LogP contribution in [0.25, 0.3) is 0 Å². The SMILES string of the molecule is CC[C@@H](Br)C(=O)NC1CCC(C)CC1. The van der Waals surface area contributed by atoms with Gasteiger partial charge in [-0.1, -0.05) is 29.8 Å². The maximum absolute atomic E-state index is 11.6. The van der Waals surface area contributed by atoms with E-state index in [9.17, 15) is 4.79 Å². The van der Waals surface area contributed by atoms with E-state index >= 15 is 0 Å². The summed E-state index contributed by atoms with van der Waals surface area (Å²) in [6.45, 7) is 4.30. The average molecular weight is 262 g/mol. The molecule has 1 aliphatic carbocycles. The Morgan fingerprint density at radius 3 is 2.50 bits per heavy atom. The monoisotopic (exact) mass is 261 g/mol. The Labute approximate surface area is 95.0 Å². The Hall–Kier alpha value is -0.0500. The van der Waals surface area contributed by atoms with Crippen LogP contribution in [0.3, 0.4) is 0 Å². The minimum atomic E-state index is -0.0122. The van der Waals surface area contributed by atoms with E-state index in [0.29, 0.717) is 6.04 Å². The van der Waals surface area contributed by atoms with Crippen LogP contribution in [0.15, 0.2) is 0 Å². The first-order valence-corrected chi connectivity index (χ1v) is 6.49. The zero-order valence-electron chi connectivity index (χ0n) is 9.05. The van der Waals surface area contributed by atoms with E-state index in [0.717, 1.165) is 25.2 Å². The van der Waals surface area contributed by atoms with Gasteiger partial charge in [0.2, 0.25) is 5.91 Å². The molecule has 0 spiro atoms.